The summed E-state index contributed by atoms with van der Waals surface area (Å²) < 4.78 is 0. The number of hydrogen-bond donors (Lipinski definition) is 1. The lowest BCUT2D eigenvalue weighted by atomic mass is 10.2. The molecule has 1 unspecified atom stereocenters. The predicted molar refractivity (Wildman–Crippen MR) is 51.4 cm³/mol. The number of carbonyl (C=O) groups is 1. The maximum Gasteiger partial charge on any atom is 0.247 e. The van der Waals surface area contributed by atoms with Crippen molar-refractivity contribution < 1.29 is 9.63 Å². The predicted octanol–water partition coefficient (Wildman–Crippen LogP) is 1.85. The number of hydroxylamine groups is 1. The first-order valence-corrected chi connectivity index (χ1v) is 5.29. The summed E-state index contributed by atoms with van der Waals surface area (Å²) in [7, 11) is 0. The number of nitrogens with one attached hydrogen (secondary N) is 1. The zero-order valence-electron chi connectivity index (χ0n) is 7.88. The first kappa shape index (κ1) is 10.8. The fourth-order valence-corrected chi connectivity index (χ4v) is 1.46. The highest BCUT2D eigenvalue weighted by atomic mass is 35.5. The zero-order chi connectivity index (χ0) is 9.68. The van der Waals surface area contributed by atoms with Crippen LogP contribution in [0.25, 0.3) is 0 Å². The minimum absolute atomic E-state index is 0.123. The molecule has 3 nitrogen and oxygen atoms in total. The SMILES string of the molecule is CC(CCl)C(=O)NOC1CCCC1. The van der Waals surface area contributed by atoms with Crippen molar-refractivity contribution >= 4 is 17.5 Å². The lowest BCUT2D eigenvalue weighted by molar-refractivity contribution is -0.141. The van der Waals surface area contributed by atoms with Gasteiger partial charge < -0.3 is 0 Å². The molecule has 0 bridgehead atoms. The van der Waals surface area contributed by atoms with Crippen LogP contribution < -0.4 is 5.48 Å². The van der Waals surface area contributed by atoms with Crippen molar-refractivity contribution in [2.24, 2.45) is 5.92 Å². The molecule has 1 amide bonds. The fraction of sp³-hybridized carbons (Fsp3) is 0.889. The van der Waals surface area contributed by atoms with E-state index in [0.717, 1.165) is 12.8 Å². The quantitative estimate of drug-likeness (QED) is 0.562. The Kier molecular flexibility index (Phi) is 4.53. The van der Waals surface area contributed by atoms with Gasteiger partial charge in [-0.1, -0.05) is 19.8 Å². The topological polar surface area (TPSA) is 38.3 Å². The monoisotopic (exact) mass is 205 g/mol. The first-order valence-electron chi connectivity index (χ1n) is 4.75. The van der Waals surface area contributed by atoms with Crippen LogP contribution in [0.3, 0.4) is 0 Å². The summed E-state index contributed by atoms with van der Waals surface area (Å²) in [5.41, 5.74) is 2.45. The van der Waals surface area contributed by atoms with Gasteiger partial charge in [-0.05, 0) is 12.8 Å². The Labute approximate surface area is 83.7 Å². The van der Waals surface area contributed by atoms with Crippen LogP contribution in [0.1, 0.15) is 32.6 Å². The van der Waals surface area contributed by atoms with Crippen molar-refractivity contribution in [2.75, 3.05) is 5.88 Å². The molecule has 0 heterocycles. The third-order valence-electron chi connectivity index (χ3n) is 2.31. The van der Waals surface area contributed by atoms with E-state index in [1.54, 1.807) is 6.92 Å². The molecule has 1 aliphatic rings. The van der Waals surface area contributed by atoms with Gasteiger partial charge in [0.2, 0.25) is 5.91 Å². The Balaban J connectivity index is 2.13. The van der Waals surface area contributed by atoms with Crippen LogP contribution in [0.2, 0.25) is 0 Å². The van der Waals surface area contributed by atoms with Gasteiger partial charge in [-0.3, -0.25) is 9.63 Å². The standard InChI is InChI=1S/C9H16ClNO2/c1-7(6-10)9(12)11-13-8-4-2-3-5-8/h7-8H,2-6H2,1H3,(H,11,12). The lowest BCUT2D eigenvalue weighted by Gasteiger charge is -2.13. The van der Waals surface area contributed by atoms with Gasteiger partial charge in [0, 0.05) is 5.88 Å². The molecular formula is C9H16ClNO2. The maximum absolute atomic E-state index is 11.2. The third kappa shape index (κ3) is 3.53. The molecule has 1 aliphatic carbocycles. The molecule has 1 atom stereocenters. The van der Waals surface area contributed by atoms with E-state index < -0.39 is 0 Å². The average Bonchev–Trinajstić information content (AvgIpc) is 2.65. The molecule has 4 heteroatoms. The van der Waals surface area contributed by atoms with E-state index in [-0.39, 0.29) is 17.9 Å². The number of amides is 1. The number of rotatable bonds is 4. The van der Waals surface area contributed by atoms with Gasteiger partial charge in [-0.25, -0.2) is 5.48 Å². The van der Waals surface area contributed by atoms with Crippen LogP contribution in [0, 0.1) is 5.92 Å². The Morgan fingerprint density at radius 3 is 2.77 bits per heavy atom. The summed E-state index contributed by atoms with van der Waals surface area (Å²) in [4.78, 5) is 16.4. The number of halogens is 1. The molecule has 76 valence electrons. The van der Waals surface area contributed by atoms with Crippen molar-refractivity contribution in [1.82, 2.24) is 5.48 Å². The van der Waals surface area contributed by atoms with Crippen LogP contribution in [0.5, 0.6) is 0 Å². The van der Waals surface area contributed by atoms with E-state index in [0.29, 0.717) is 5.88 Å². The summed E-state index contributed by atoms with van der Waals surface area (Å²) in [6.07, 6.45) is 4.72. The van der Waals surface area contributed by atoms with Crippen molar-refractivity contribution in [3.8, 4) is 0 Å². The molecule has 1 N–H and O–H groups in total. The molecule has 1 rings (SSSR count). The number of carbonyl (C=O) groups excluding carboxylic acids is 1. The minimum Gasteiger partial charge on any atom is -0.272 e. The smallest absolute Gasteiger partial charge is 0.247 e. The molecular weight excluding hydrogens is 190 g/mol. The van der Waals surface area contributed by atoms with Gasteiger partial charge in [-0.2, -0.15) is 0 Å². The van der Waals surface area contributed by atoms with Crippen LogP contribution in [0.15, 0.2) is 0 Å². The van der Waals surface area contributed by atoms with Crippen molar-refractivity contribution in [1.29, 1.82) is 0 Å². The van der Waals surface area contributed by atoms with Gasteiger partial charge in [0.25, 0.3) is 0 Å². The molecule has 1 fully saturated rings. The summed E-state index contributed by atoms with van der Waals surface area (Å²) in [6, 6.07) is 0. The van der Waals surface area contributed by atoms with Gasteiger partial charge in [0.1, 0.15) is 0 Å². The highest BCUT2D eigenvalue weighted by molar-refractivity contribution is 6.19. The molecule has 0 aromatic rings. The molecule has 0 aromatic heterocycles. The molecule has 0 spiro atoms. The van der Waals surface area contributed by atoms with E-state index >= 15 is 0 Å². The molecule has 0 saturated heterocycles. The largest absolute Gasteiger partial charge is 0.272 e. The third-order valence-corrected chi connectivity index (χ3v) is 2.77. The molecule has 1 saturated carbocycles. The minimum atomic E-state index is -0.178. The van der Waals surface area contributed by atoms with Crippen molar-refractivity contribution in [2.45, 2.75) is 38.7 Å². The summed E-state index contributed by atoms with van der Waals surface area (Å²) in [5, 5.41) is 0. The second-order valence-corrected chi connectivity index (χ2v) is 3.85. The Morgan fingerprint density at radius 1 is 1.62 bits per heavy atom. The highest BCUT2D eigenvalue weighted by Crippen LogP contribution is 2.19. The Bertz CT molecular complexity index is 169. The van der Waals surface area contributed by atoms with E-state index in [4.69, 9.17) is 16.4 Å². The number of alkyl halides is 1. The van der Waals surface area contributed by atoms with Gasteiger partial charge in [0.05, 0.1) is 12.0 Å². The van der Waals surface area contributed by atoms with Gasteiger partial charge in [-0.15, -0.1) is 11.6 Å². The van der Waals surface area contributed by atoms with E-state index in [9.17, 15) is 4.79 Å². The van der Waals surface area contributed by atoms with Gasteiger partial charge >= 0.3 is 0 Å². The lowest BCUT2D eigenvalue weighted by Crippen LogP contribution is -2.33. The van der Waals surface area contributed by atoms with Crippen molar-refractivity contribution in [3.05, 3.63) is 0 Å². The maximum atomic E-state index is 11.2. The molecule has 13 heavy (non-hydrogen) atoms. The molecule has 0 aromatic carbocycles. The van der Waals surface area contributed by atoms with E-state index in [2.05, 4.69) is 5.48 Å². The fourth-order valence-electron chi connectivity index (χ4n) is 1.32. The summed E-state index contributed by atoms with van der Waals surface area (Å²) >= 11 is 5.53. The number of hydrogen-bond acceptors (Lipinski definition) is 2. The van der Waals surface area contributed by atoms with E-state index in [1.807, 2.05) is 0 Å². The second kappa shape index (κ2) is 5.45. The average molecular weight is 206 g/mol. The molecule has 0 aliphatic heterocycles. The highest BCUT2D eigenvalue weighted by Gasteiger charge is 2.18. The van der Waals surface area contributed by atoms with Crippen molar-refractivity contribution in [3.63, 3.8) is 0 Å². The van der Waals surface area contributed by atoms with Gasteiger partial charge in [0.15, 0.2) is 0 Å². The normalized spacial score (nSPS) is 20.2. The second-order valence-electron chi connectivity index (χ2n) is 3.55. The Hall–Kier alpha value is -0.280. The van der Waals surface area contributed by atoms with Crippen LogP contribution in [-0.4, -0.2) is 17.9 Å². The van der Waals surface area contributed by atoms with Crippen LogP contribution >= 0.6 is 11.6 Å². The zero-order valence-corrected chi connectivity index (χ0v) is 8.64. The van der Waals surface area contributed by atoms with E-state index in [1.165, 1.54) is 12.8 Å². The summed E-state index contributed by atoms with van der Waals surface area (Å²) in [6.45, 7) is 1.78. The van der Waals surface area contributed by atoms with Crippen LogP contribution in [0.4, 0.5) is 0 Å². The molecule has 0 radical (unpaired) electrons. The first-order chi connectivity index (χ1) is 6.24. The summed E-state index contributed by atoms with van der Waals surface area (Å²) in [5.74, 6) is 0.0322. The Morgan fingerprint density at radius 2 is 2.23 bits per heavy atom. The van der Waals surface area contributed by atoms with Crippen LogP contribution in [-0.2, 0) is 9.63 Å².